The fourth-order valence-electron chi connectivity index (χ4n) is 2.70. The topological polar surface area (TPSA) is 95.9 Å². The Morgan fingerprint density at radius 3 is 2.17 bits per heavy atom. The number of carbonyl (C=O) groups excluding carboxylic acids is 3. The van der Waals surface area contributed by atoms with Crippen LogP contribution in [-0.4, -0.2) is 53.0 Å². The molecule has 0 heterocycles. The summed E-state index contributed by atoms with van der Waals surface area (Å²) in [6.45, 7) is 9.02. The van der Waals surface area contributed by atoms with Crippen LogP contribution in [0.4, 0.5) is 0 Å². The van der Waals surface area contributed by atoms with E-state index in [0.29, 0.717) is 6.42 Å². The summed E-state index contributed by atoms with van der Waals surface area (Å²) in [4.78, 5) is 38.9. The van der Waals surface area contributed by atoms with E-state index in [0.717, 1.165) is 5.56 Å². The van der Waals surface area contributed by atoms with E-state index in [2.05, 4.69) is 5.32 Å². The molecule has 7 heteroatoms. The highest BCUT2D eigenvalue weighted by Gasteiger charge is 2.32. The Labute approximate surface area is 173 Å². The van der Waals surface area contributed by atoms with Gasteiger partial charge in [0.2, 0.25) is 11.8 Å². The van der Waals surface area contributed by atoms with Gasteiger partial charge < -0.3 is 20.1 Å². The van der Waals surface area contributed by atoms with Gasteiger partial charge in [0, 0.05) is 7.05 Å². The first-order valence-corrected chi connectivity index (χ1v) is 10.00. The maximum atomic E-state index is 12.9. The zero-order valence-corrected chi connectivity index (χ0v) is 18.2. The molecule has 0 aliphatic carbocycles. The van der Waals surface area contributed by atoms with E-state index in [1.807, 2.05) is 44.2 Å². The summed E-state index contributed by atoms with van der Waals surface area (Å²) in [5.41, 5.74) is 0.856. The number of nitrogens with one attached hydrogen (secondary N) is 1. The molecule has 29 heavy (non-hydrogen) atoms. The molecular weight excluding hydrogens is 372 g/mol. The number of hydrogen-bond acceptors (Lipinski definition) is 5. The van der Waals surface area contributed by atoms with Crippen molar-refractivity contribution in [3.8, 4) is 0 Å². The van der Waals surface area contributed by atoms with Gasteiger partial charge in [-0.05, 0) is 30.7 Å². The third-order valence-electron chi connectivity index (χ3n) is 4.72. The summed E-state index contributed by atoms with van der Waals surface area (Å²) >= 11 is 0. The van der Waals surface area contributed by atoms with Crippen molar-refractivity contribution in [1.82, 2.24) is 10.2 Å². The summed E-state index contributed by atoms with van der Waals surface area (Å²) in [5.74, 6) is -1.65. The van der Waals surface area contributed by atoms with Crippen LogP contribution < -0.4 is 5.32 Å². The van der Waals surface area contributed by atoms with Gasteiger partial charge in [0.25, 0.3) is 0 Å². The predicted molar refractivity (Wildman–Crippen MR) is 111 cm³/mol. The van der Waals surface area contributed by atoms with E-state index >= 15 is 0 Å². The number of ether oxygens (including phenoxy) is 1. The Balaban J connectivity index is 2.77. The van der Waals surface area contributed by atoms with Gasteiger partial charge in [0.05, 0.1) is 0 Å². The van der Waals surface area contributed by atoms with Crippen molar-refractivity contribution >= 4 is 17.8 Å². The third-order valence-corrected chi connectivity index (χ3v) is 4.72. The van der Waals surface area contributed by atoms with Crippen LogP contribution in [-0.2, 0) is 25.7 Å². The van der Waals surface area contributed by atoms with Gasteiger partial charge >= 0.3 is 5.97 Å². The highest BCUT2D eigenvalue weighted by molar-refractivity contribution is 5.91. The van der Waals surface area contributed by atoms with Gasteiger partial charge in [-0.2, -0.15) is 0 Å². The molecule has 3 atom stereocenters. The minimum absolute atomic E-state index is 0.124. The quantitative estimate of drug-likeness (QED) is 0.580. The number of likely N-dealkylation sites (N-methyl/N-ethyl adjacent to an activating group) is 1. The van der Waals surface area contributed by atoms with Crippen LogP contribution in [0.2, 0.25) is 0 Å². The fourth-order valence-corrected chi connectivity index (χ4v) is 2.70. The minimum Gasteiger partial charge on any atom is -0.459 e. The van der Waals surface area contributed by atoms with Crippen LogP contribution in [0.1, 0.15) is 46.6 Å². The number of aliphatic hydroxyl groups excluding tert-OH is 1. The van der Waals surface area contributed by atoms with E-state index in [4.69, 9.17) is 4.74 Å². The molecule has 0 unspecified atom stereocenters. The number of hydrogen-bond donors (Lipinski definition) is 2. The van der Waals surface area contributed by atoms with Gasteiger partial charge in [-0.25, -0.2) is 4.79 Å². The van der Waals surface area contributed by atoms with Crippen LogP contribution in [0.5, 0.6) is 0 Å². The third kappa shape index (κ3) is 7.85. The molecule has 162 valence electrons. The lowest BCUT2D eigenvalue weighted by Crippen LogP contribution is -2.54. The van der Waals surface area contributed by atoms with Crippen LogP contribution in [0, 0.1) is 11.8 Å². The lowest BCUT2D eigenvalue weighted by Gasteiger charge is -2.30. The smallest absolute Gasteiger partial charge is 0.328 e. The number of amides is 2. The molecule has 0 spiro atoms. The average Bonchev–Trinajstić information content (AvgIpc) is 2.69. The summed E-state index contributed by atoms with van der Waals surface area (Å²) in [6, 6.07) is 7.64. The number of benzene rings is 1. The van der Waals surface area contributed by atoms with Crippen molar-refractivity contribution in [3.05, 3.63) is 35.9 Å². The Morgan fingerprint density at radius 2 is 1.66 bits per heavy atom. The number of carbonyl (C=O) groups is 3. The molecule has 7 nitrogen and oxygen atoms in total. The van der Waals surface area contributed by atoms with Crippen molar-refractivity contribution in [2.45, 2.75) is 65.8 Å². The molecule has 0 fully saturated rings. The van der Waals surface area contributed by atoms with Crippen molar-refractivity contribution in [3.63, 3.8) is 0 Å². The van der Waals surface area contributed by atoms with Crippen molar-refractivity contribution < 1.29 is 24.2 Å². The number of nitrogens with zero attached hydrogens (tertiary/aromatic N) is 1. The zero-order chi connectivity index (χ0) is 22.1. The highest BCUT2D eigenvalue weighted by Crippen LogP contribution is 2.12. The van der Waals surface area contributed by atoms with E-state index in [1.54, 1.807) is 20.8 Å². The molecule has 1 aromatic rings. The van der Waals surface area contributed by atoms with Crippen molar-refractivity contribution in [1.29, 1.82) is 0 Å². The molecular formula is C22H34N2O5. The first-order chi connectivity index (χ1) is 13.5. The van der Waals surface area contributed by atoms with Gasteiger partial charge in [0.15, 0.2) is 0 Å². The Kier molecular flexibility index (Phi) is 9.81. The summed E-state index contributed by atoms with van der Waals surface area (Å²) < 4.78 is 5.31. The number of rotatable bonds is 10. The second kappa shape index (κ2) is 11.6. The maximum Gasteiger partial charge on any atom is 0.328 e. The summed E-state index contributed by atoms with van der Waals surface area (Å²) in [5, 5.41) is 12.6. The fraction of sp³-hybridized carbons (Fsp3) is 0.591. The molecule has 0 aliphatic rings. The highest BCUT2D eigenvalue weighted by atomic mass is 16.5. The lowest BCUT2D eigenvalue weighted by molar-refractivity contribution is -0.155. The lowest BCUT2D eigenvalue weighted by atomic mass is 10.0. The van der Waals surface area contributed by atoms with Gasteiger partial charge in [-0.1, -0.05) is 58.0 Å². The first-order valence-electron chi connectivity index (χ1n) is 10.00. The molecule has 0 saturated carbocycles. The monoisotopic (exact) mass is 406 g/mol. The normalized spacial score (nSPS) is 14.2. The number of aliphatic hydroxyl groups is 1. The largest absolute Gasteiger partial charge is 0.459 e. The molecule has 0 radical (unpaired) electrons. The molecule has 0 bridgehead atoms. The predicted octanol–water partition coefficient (Wildman–Crippen LogP) is 2.12. The van der Waals surface area contributed by atoms with Crippen molar-refractivity contribution in [2.24, 2.45) is 11.8 Å². The maximum absolute atomic E-state index is 12.9. The van der Waals surface area contributed by atoms with E-state index in [1.165, 1.54) is 11.9 Å². The first kappa shape index (κ1) is 24.6. The molecule has 1 rings (SSSR count). The summed E-state index contributed by atoms with van der Waals surface area (Å²) in [7, 11) is 1.51. The van der Waals surface area contributed by atoms with Crippen molar-refractivity contribution in [2.75, 3.05) is 7.05 Å². The Bertz CT molecular complexity index is 675. The summed E-state index contributed by atoms with van der Waals surface area (Å²) in [6.07, 6.45) is -0.804. The van der Waals surface area contributed by atoms with E-state index < -0.39 is 36.0 Å². The van der Waals surface area contributed by atoms with Gasteiger partial charge in [0.1, 0.15) is 24.8 Å². The second-order valence-electron chi connectivity index (χ2n) is 8.10. The van der Waals surface area contributed by atoms with Crippen LogP contribution in [0.15, 0.2) is 30.3 Å². The Hall–Kier alpha value is -2.41. The molecule has 0 aromatic heterocycles. The molecule has 1 aromatic carbocycles. The van der Waals surface area contributed by atoms with Crippen LogP contribution in [0.25, 0.3) is 0 Å². The minimum atomic E-state index is -1.20. The van der Waals surface area contributed by atoms with Gasteiger partial charge in [-0.15, -0.1) is 0 Å². The van der Waals surface area contributed by atoms with Crippen LogP contribution in [0.3, 0.4) is 0 Å². The zero-order valence-electron chi connectivity index (χ0n) is 18.2. The number of esters is 1. The Morgan fingerprint density at radius 1 is 1.07 bits per heavy atom. The molecule has 0 saturated heterocycles. The standard InChI is InChI=1S/C22H34N2O5/c1-14(2)12-18(23-20(26)19(25)15(3)4)21(27)24(6)16(5)22(28)29-13-17-10-8-7-9-11-17/h7-11,14-16,18-19,25H,12-13H2,1-6H3,(H,23,26)/t16-,18-,19-/m0/s1. The molecule has 2 amide bonds. The average molecular weight is 407 g/mol. The SMILES string of the molecule is CC(C)C[C@H](NC(=O)[C@@H](O)C(C)C)C(=O)N(C)[C@@H](C)C(=O)OCc1ccccc1. The van der Waals surface area contributed by atoms with E-state index in [9.17, 15) is 19.5 Å². The molecule has 2 N–H and O–H groups in total. The van der Waals surface area contributed by atoms with Crippen LogP contribution >= 0.6 is 0 Å². The van der Waals surface area contributed by atoms with E-state index in [-0.39, 0.29) is 18.4 Å². The second-order valence-corrected chi connectivity index (χ2v) is 8.10. The molecule has 0 aliphatic heterocycles. The van der Waals surface area contributed by atoms with Gasteiger partial charge in [-0.3, -0.25) is 9.59 Å².